The molecular weight excluding hydrogens is 325 g/mol. The third kappa shape index (κ3) is 4.69. The van der Waals surface area contributed by atoms with E-state index in [2.05, 4.69) is 5.32 Å². The van der Waals surface area contributed by atoms with E-state index in [9.17, 15) is 13.6 Å². The first kappa shape index (κ1) is 17.9. The van der Waals surface area contributed by atoms with Gasteiger partial charge in [-0.1, -0.05) is 11.6 Å². The molecule has 1 aliphatic rings. The number of nitrogens with two attached hydrogens (primary N) is 1. The number of nitrogens with one attached hydrogen (secondary N) is 1. The number of halogens is 4. The summed E-state index contributed by atoms with van der Waals surface area (Å²) in [5.74, 6) is -3.39. The summed E-state index contributed by atoms with van der Waals surface area (Å²) in [4.78, 5) is 11.9. The quantitative estimate of drug-likeness (QED) is 0.881. The van der Waals surface area contributed by atoms with E-state index in [4.69, 9.17) is 22.1 Å². The highest BCUT2D eigenvalue weighted by molar-refractivity contribution is 6.30. The molecule has 0 radical (unpaired) electrons. The molecule has 8 heteroatoms. The third-order valence-corrected chi connectivity index (χ3v) is 3.35. The van der Waals surface area contributed by atoms with Crippen LogP contribution in [0.5, 0.6) is 5.75 Å². The molecule has 1 unspecified atom stereocenters. The third-order valence-electron chi connectivity index (χ3n) is 3.12. The number of ether oxygens (including phenoxy) is 1. The van der Waals surface area contributed by atoms with Gasteiger partial charge in [-0.15, -0.1) is 12.4 Å². The summed E-state index contributed by atoms with van der Waals surface area (Å²) < 4.78 is 31.4. The molecule has 3 N–H and O–H groups in total. The van der Waals surface area contributed by atoms with Gasteiger partial charge >= 0.3 is 0 Å². The van der Waals surface area contributed by atoms with Crippen LogP contribution in [0.1, 0.15) is 5.56 Å². The van der Waals surface area contributed by atoms with E-state index in [0.717, 1.165) is 5.56 Å². The SMILES string of the molecule is Cl.NCC(F)(F)CNC(=O)C1COc2ccc(Cl)cc2C1. The zero-order valence-corrected chi connectivity index (χ0v) is 12.6. The standard InChI is InChI=1S/C13H15ClF2N2O2.ClH/c14-10-1-2-11-8(4-10)3-9(5-20-11)12(19)18-7-13(15,16)6-17;/h1-2,4,9H,3,5-7,17H2,(H,18,19);1H. The number of carbonyl (C=O) groups is 1. The van der Waals surface area contributed by atoms with Crippen molar-refractivity contribution < 1.29 is 18.3 Å². The molecule has 1 atom stereocenters. The number of alkyl halides is 2. The lowest BCUT2D eigenvalue weighted by molar-refractivity contribution is -0.128. The minimum atomic E-state index is -3.09. The Balaban J connectivity index is 0.00000220. The van der Waals surface area contributed by atoms with Crippen LogP contribution >= 0.6 is 24.0 Å². The summed E-state index contributed by atoms with van der Waals surface area (Å²) >= 11 is 5.87. The van der Waals surface area contributed by atoms with E-state index in [1.807, 2.05) is 0 Å². The molecule has 1 aromatic carbocycles. The molecule has 4 nitrogen and oxygen atoms in total. The monoisotopic (exact) mass is 340 g/mol. The average molecular weight is 341 g/mol. The smallest absolute Gasteiger partial charge is 0.277 e. The van der Waals surface area contributed by atoms with Crippen molar-refractivity contribution in [1.29, 1.82) is 0 Å². The zero-order chi connectivity index (χ0) is 14.8. The second-order valence-electron chi connectivity index (χ2n) is 4.74. The van der Waals surface area contributed by atoms with Gasteiger partial charge < -0.3 is 15.8 Å². The molecule has 1 heterocycles. The van der Waals surface area contributed by atoms with Gasteiger partial charge in [-0.2, -0.15) is 0 Å². The fraction of sp³-hybridized carbons (Fsp3) is 0.462. The molecular formula is C13H16Cl2F2N2O2. The highest BCUT2D eigenvalue weighted by Crippen LogP contribution is 2.29. The van der Waals surface area contributed by atoms with Gasteiger partial charge in [0.25, 0.3) is 5.92 Å². The minimum Gasteiger partial charge on any atom is -0.492 e. The number of carbonyl (C=O) groups excluding carboxylic acids is 1. The molecule has 0 fully saturated rings. The Kier molecular flexibility index (Phi) is 6.19. The molecule has 1 aromatic rings. The van der Waals surface area contributed by atoms with Crippen molar-refractivity contribution in [2.24, 2.45) is 11.7 Å². The Morgan fingerprint density at radius 1 is 1.52 bits per heavy atom. The van der Waals surface area contributed by atoms with Crippen LogP contribution in [0.2, 0.25) is 5.02 Å². The summed E-state index contributed by atoms with van der Waals surface area (Å²) in [6.45, 7) is -1.40. The lowest BCUT2D eigenvalue weighted by atomic mass is 9.96. The summed E-state index contributed by atoms with van der Waals surface area (Å²) in [5, 5.41) is 2.75. The van der Waals surface area contributed by atoms with Gasteiger partial charge in [0.2, 0.25) is 5.91 Å². The molecule has 0 saturated carbocycles. The number of fused-ring (bicyclic) bond motifs is 1. The summed E-state index contributed by atoms with van der Waals surface area (Å²) in [5.41, 5.74) is 5.71. The van der Waals surface area contributed by atoms with Gasteiger partial charge in [0.15, 0.2) is 0 Å². The van der Waals surface area contributed by atoms with Gasteiger partial charge in [0.05, 0.1) is 19.0 Å². The lowest BCUT2D eigenvalue weighted by Crippen LogP contribution is -2.45. The number of amides is 1. The average Bonchev–Trinajstić information content (AvgIpc) is 2.44. The molecule has 0 saturated heterocycles. The van der Waals surface area contributed by atoms with E-state index in [1.54, 1.807) is 18.2 Å². The van der Waals surface area contributed by atoms with Crippen molar-refractivity contribution in [1.82, 2.24) is 5.32 Å². The van der Waals surface area contributed by atoms with Gasteiger partial charge in [-0.3, -0.25) is 4.79 Å². The summed E-state index contributed by atoms with van der Waals surface area (Å²) in [6.07, 6.45) is 0.413. The first-order valence-corrected chi connectivity index (χ1v) is 6.56. The molecule has 21 heavy (non-hydrogen) atoms. The number of benzene rings is 1. The fourth-order valence-corrected chi connectivity index (χ4v) is 2.16. The topological polar surface area (TPSA) is 64.3 Å². The predicted molar refractivity (Wildman–Crippen MR) is 78.4 cm³/mol. The first-order valence-electron chi connectivity index (χ1n) is 6.18. The molecule has 0 aliphatic carbocycles. The molecule has 118 valence electrons. The van der Waals surface area contributed by atoms with Crippen molar-refractivity contribution in [2.75, 3.05) is 19.7 Å². The summed E-state index contributed by atoms with van der Waals surface area (Å²) in [7, 11) is 0. The Bertz CT molecular complexity index is 515. The van der Waals surface area contributed by atoms with Crippen LogP contribution in [-0.4, -0.2) is 31.5 Å². The number of hydrogen-bond donors (Lipinski definition) is 2. The maximum atomic E-state index is 13.0. The number of hydrogen-bond acceptors (Lipinski definition) is 3. The van der Waals surface area contributed by atoms with Crippen molar-refractivity contribution in [3.05, 3.63) is 28.8 Å². The van der Waals surface area contributed by atoms with Gasteiger partial charge in [0.1, 0.15) is 12.4 Å². The molecule has 1 amide bonds. The Morgan fingerprint density at radius 2 is 2.24 bits per heavy atom. The van der Waals surface area contributed by atoms with E-state index in [1.165, 1.54) is 0 Å². The van der Waals surface area contributed by atoms with Crippen LogP contribution in [-0.2, 0) is 11.2 Å². The molecule has 2 rings (SSSR count). The second kappa shape index (κ2) is 7.24. The van der Waals surface area contributed by atoms with Crippen LogP contribution in [0, 0.1) is 5.92 Å². The van der Waals surface area contributed by atoms with Gasteiger partial charge in [-0.05, 0) is 30.2 Å². The van der Waals surface area contributed by atoms with Crippen LogP contribution in [0.15, 0.2) is 18.2 Å². The molecule has 0 aromatic heterocycles. The zero-order valence-electron chi connectivity index (χ0n) is 11.1. The van der Waals surface area contributed by atoms with E-state index in [-0.39, 0.29) is 19.0 Å². The highest BCUT2D eigenvalue weighted by Gasteiger charge is 2.31. The van der Waals surface area contributed by atoms with Crippen LogP contribution < -0.4 is 15.8 Å². The normalized spacial score (nSPS) is 17.2. The van der Waals surface area contributed by atoms with Crippen LogP contribution in [0.3, 0.4) is 0 Å². The lowest BCUT2D eigenvalue weighted by Gasteiger charge is -2.25. The molecule has 0 bridgehead atoms. The maximum absolute atomic E-state index is 13.0. The minimum absolute atomic E-state index is 0. The van der Waals surface area contributed by atoms with Crippen LogP contribution in [0.4, 0.5) is 8.78 Å². The Hall–Kier alpha value is -1.11. The van der Waals surface area contributed by atoms with Crippen molar-refractivity contribution in [2.45, 2.75) is 12.3 Å². The van der Waals surface area contributed by atoms with Crippen molar-refractivity contribution in [3.63, 3.8) is 0 Å². The van der Waals surface area contributed by atoms with Gasteiger partial charge in [0, 0.05) is 5.02 Å². The van der Waals surface area contributed by atoms with E-state index in [0.29, 0.717) is 17.2 Å². The predicted octanol–water partition coefficient (Wildman–Crippen LogP) is 2.02. The van der Waals surface area contributed by atoms with Crippen LogP contribution in [0.25, 0.3) is 0 Å². The Labute approximate surface area is 132 Å². The van der Waals surface area contributed by atoms with E-state index < -0.39 is 30.8 Å². The second-order valence-corrected chi connectivity index (χ2v) is 5.18. The van der Waals surface area contributed by atoms with Gasteiger partial charge in [-0.25, -0.2) is 8.78 Å². The summed E-state index contributed by atoms with van der Waals surface area (Å²) in [6, 6.07) is 5.14. The Morgan fingerprint density at radius 3 is 2.90 bits per heavy atom. The highest BCUT2D eigenvalue weighted by atomic mass is 35.5. The maximum Gasteiger partial charge on any atom is 0.277 e. The molecule has 0 spiro atoms. The van der Waals surface area contributed by atoms with Crippen molar-refractivity contribution >= 4 is 29.9 Å². The molecule has 1 aliphatic heterocycles. The first-order chi connectivity index (χ1) is 9.41. The fourth-order valence-electron chi connectivity index (χ4n) is 1.96. The number of rotatable bonds is 4. The largest absolute Gasteiger partial charge is 0.492 e. The van der Waals surface area contributed by atoms with Crippen molar-refractivity contribution in [3.8, 4) is 5.75 Å². The van der Waals surface area contributed by atoms with E-state index >= 15 is 0 Å².